The van der Waals surface area contributed by atoms with Gasteiger partial charge in [0.1, 0.15) is 17.2 Å². The van der Waals surface area contributed by atoms with Gasteiger partial charge >= 0.3 is 0 Å². The Morgan fingerprint density at radius 1 is 0.875 bits per heavy atom. The zero-order valence-electron chi connectivity index (χ0n) is 18.4. The second-order valence-electron chi connectivity index (χ2n) is 7.39. The molecule has 0 aromatic heterocycles. The molecule has 4 rings (SSSR count). The summed E-state index contributed by atoms with van der Waals surface area (Å²) in [6, 6.07) is 17.5. The molecule has 1 heterocycles. The standard InChI is InChI=1S/C24H25NO5S2/c1-16-5-11-20(12-6-16)32(26,27)25-21-13-19(29-3)14-23(30-4)24(21)31-15-22(25)17-7-9-18(28-2)10-8-17/h5-14,22H,15H2,1-4H3. The van der Waals surface area contributed by atoms with Gasteiger partial charge in [0, 0.05) is 17.9 Å². The lowest BCUT2D eigenvalue weighted by molar-refractivity contribution is 0.387. The van der Waals surface area contributed by atoms with Gasteiger partial charge in [-0.2, -0.15) is 0 Å². The highest BCUT2D eigenvalue weighted by Gasteiger charge is 2.39. The van der Waals surface area contributed by atoms with E-state index in [-0.39, 0.29) is 4.90 Å². The molecule has 1 aliphatic heterocycles. The maximum atomic E-state index is 14.0. The summed E-state index contributed by atoms with van der Waals surface area (Å²) in [7, 11) is 0.854. The third kappa shape index (κ3) is 4.00. The molecule has 1 atom stereocenters. The van der Waals surface area contributed by atoms with Crippen LogP contribution in [0, 0.1) is 6.92 Å². The minimum atomic E-state index is -3.88. The lowest BCUT2D eigenvalue weighted by Gasteiger charge is -2.38. The Morgan fingerprint density at radius 2 is 1.53 bits per heavy atom. The first-order chi connectivity index (χ1) is 15.4. The number of fused-ring (bicyclic) bond motifs is 1. The maximum Gasteiger partial charge on any atom is 0.264 e. The molecule has 0 N–H and O–H groups in total. The van der Waals surface area contributed by atoms with Crippen LogP contribution in [0.15, 0.2) is 70.5 Å². The van der Waals surface area contributed by atoms with Crippen molar-refractivity contribution in [3.05, 3.63) is 71.8 Å². The SMILES string of the molecule is COc1ccc(C2CSc3c(OC)cc(OC)cc3N2S(=O)(=O)c2ccc(C)cc2)cc1. The molecule has 3 aromatic rings. The number of anilines is 1. The highest BCUT2D eigenvalue weighted by Crippen LogP contribution is 2.51. The normalized spacial score (nSPS) is 15.8. The van der Waals surface area contributed by atoms with Gasteiger partial charge in [0.15, 0.2) is 0 Å². The average molecular weight is 472 g/mol. The molecule has 0 aliphatic carbocycles. The summed E-state index contributed by atoms with van der Waals surface area (Å²) in [6.45, 7) is 1.93. The number of rotatable bonds is 6. The quantitative estimate of drug-likeness (QED) is 0.501. The summed E-state index contributed by atoms with van der Waals surface area (Å²) in [6.07, 6.45) is 0. The minimum absolute atomic E-state index is 0.237. The second kappa shape index (κ2) is 8.96. The minimum Gasteiger partial charge on any atom is -0.497 e. The van der Waals surface area contributed by atoms with Crippen molar-refractivity contribution in [2.24, 2.45) is 0 Å². The Hall–Kier alpha value is -2.84. The molecule has 0 fully saturated rings. The maximum absolute atomic E-state index is 14.0. The van der Waals surface area contributed by atoms with Gasteiger partial charge in [-0.1, -0.05) is 29.8 Å². The number of sulfonamides is 1. The predicted molar refractivity (Wildman–Crippen MR) is 127 cm³/mol. The first-order valence-electron chi connectivity index (χ1n) is 10.0. The molecule has 3 aromatic carbocycles. The molecule has 168 valence electrons. The van der Waals surface area contributed by atoms with Crippen LogP contribution in [0.1, 0.15) is 17.2 Å². The Bertz CT molecular complexity index is 1210. The molecule has 1 unspecified atom stereocenters. The topological polar surface area (TPSA) is 65.1 Å². The Labute approximate surface area is 193 Å². The van der Waals surface area contributed by atoms with E-state index in [1.165, 1.54) is 4.31 Å². The van der Waals surface area contributed by atoms with Crippen LogP contribution >= 0.6 is 11.8 Å². The molecule has 0 radical (unpaired) electrons. The molecule has 0 saturated carbocycles. The van der Waals surface area contributed by atoms with Crippen LogP contribution in [0.2, 0.25) is 0 Å². The highest BCUT2D eigenvalue weighted by molar-refractivity contribution is 8.00. The third-order valence-electron chi connectivity index (χ3n) is 5.45. The average Bonchev–Trinajstić information content (AvgIpc) is 2.82. The fraction of sp³-hybridized carbons (Fsp3) is 0.250. The molecule has 32 heavy (non-hydrogen) atoms. The first-order valence-corrected chi connectivity index (χ1v) is 12.5. The molecule has 0 bridgehead atoms. The highest BCUT2D eigenvalue weighted by atomic mass is 32.2. The third-order valence-corrected chi connectivity index (χ3v) is 8.47. The van der Waals surface area contributed by atoms with Crippen molar-refractivity contribution in [2.75, 3.05) is 31.4 Å². The molecular weight excluding hydrogens is 446 g/mol. The lowest BCUT2D eigenvalue weighted by atomic mass is 10.1. The van der Waals surface area contributed by atoms with Crippen LogP contribution in [-0.4, -0.2) is 35.5 Å². The number of hydrogen-bond donors (Lipinski definition) is 0. The largest absolute Gasteiger partial charge is 0.497 e. The van der Waals surface area contributed by atoms with Crippen molar-refractivity contribution in [3.63, 3.8) is 0 Å². The number of benzene rings is 3. The van der Waals surface area contributed by atoms with Crippen LogP contribution in [0.25, 0.3) is 0 Å². The predicted octanol–water partition coefficient (Wildman–Crippen LogP) is 5.06. The Kier molecular flexibility index (Phi) is 6.26. The van der Waals surface area contributed by atoms with Crippen molar-refractivity contribution in [1.82, 2.24) is 0 Å². The molecular formula is C24H25NO5S2. The molecule has 1 aliphatic rings. The fourth-order valence-electron chi connectivity index (χ4n) is 3.72. The van der Waals surface area contributed by atoms with E-state index in [1.807, 2.05) is 31.2 Å². The van der Waals surface area contributed by atoms with Crippen molar-refractivity contribution >= 4 is 27.5 Å². The smallest absolute Gasteiger partial charge is 0.264 e. The molecule has 8 heteroatoms. The number of thioether (sulfide) groups is 1. The zero-order valence-corrected chi connectivity index (χ0v) is 20.0. The van der Waals surface area contributed by atoms with E-state index in [4.69, 9.17) is 14.2 Å². The zero-order chi connectivity index (χ0) is 22.9. The van der Waals surface area contributed by atoms with E-state index in [2.05, 4.69) is 0 Å². The second-order valence-corrected chi connectivity index (χ2v) is 10.2. The number of hydrogen-bond acceptors (Lipinski definition) is 6. The summed E-state index contributed by atoms with van der Waals surface area (Å²) in [5.41, 5.74) is 2.41. The van der Waals surface area contributed by atoms with Gasteiger partial charge in [0.2, 0.25) is 0 Å². The molecule has 6 nitrogen and oxygen atoms in total. The molecule has 0 saturated heterocycles. The van der Waals surface area contributed by atoms with E-state index in [0.29, 0.717) is 28.7 Å². The van der Waals surface area contributed by atoms with E-state index < -0.39 is 16.1 Å². The molecule has 0 amide bonds. The van der Waals surface area contributed by atoms with Gasteiger partial charge in [0.05, 0.1) is 42.8 Å². The molecule has 0 spiro atoms. The fourth-order valence-corrected chi connectivity index (χ4v) is 6.77. The van der Waals surface area contributed by atoms with E-state index in [0.717, 1.165) is 16.0 Å². The Balaban J connectivity index is 1.93. The first kappa shape index (κ1) is 22.4. The van der Waals surface area contributed by atoms with Crippen LogP contribution in [-0.2, 0) is 10.0 Å². The summed E-state index contributed by atoms with van der Waals surface area (Å²) in [5, 5.41) is 0. The van der Waals surface area contributed by atoms with E-state index >= 15 is 0 Å². The van der Waals surface area contributed by atoms with Gasteiger partial charge in [-0.05, 0) is 36.8 Å². The number of aryl methyl sites for hydroxylation is 1. The number of methoxy groups -OCH3 is 3. The van der Waals surface area contributed by atoms with Crippen molar-refractivity contribution in [1.29, 1.82) is 0 Å². The van der Waals surface area contributed by atoms with Crippen LogP contribution in [0.3, 0.4) is 0 Å². The summed E-state index contributed by atoms with van der Waals surface area (Å²) in [4.78, 5) is 1.01. The summed E-state index contributed by atoms with van der Waals surface area (Å²) >= 11 is 1.57. The lowest BCUT2D eigenvalue weighted by Crippen LogP contribution is -2.38. The van der Waals surface area contributed by atoms with Gasteiger partial charge in [-0.25, -0.2) is 8.42 Å². The van der Waals surface area contributed by atoms with Crippen LogP contribution in [0.4, 0.5) is 5.69 Å². The van der Waals surface area contributed by atoms with Crippen molar-refractivity contribution in [3.8, 4) is 17.2 Å². The van der Waals surface area contributed by atoms with Crippen molar-refractivity contribution in [2.45, 2.75) is 22.8 Å². The van der Waals surface area contributed by atoms with Crippen molar-refractivity contribution < 1.29 is 22.6 Å². The van der Waals surface area contributed by atoms with E-state index in [9.17, 15) is 8.42 Å². The van der Waals surface area contributed by atoms with Crippen LogP contribution in [0.5, 0.6) is 17.2 Å². The number of nitrogens with zero attached hydrogens (tertiary/aromatic N) is 1. The summed E-state index contributed by atoms with van der Waals surface area (Å²) in [5.74, 6) is 2.36. The Morgan fingerprint density at radius 3 is 2.12 bits per heavy atom. The number of ether oxygens (including phenoxy) is 3. The monoisotopic (exact) mass is 471 g/mol. The van der Waals surface area contributed by atoms with Gasteiger partial charge < -0.3 is 14.2 Å². The van der Waals surface area contributed by atoms with Gasteiger partial charge in [0.25, 0.3) is 10.0 Å². The van der Waals surface area contributed by atoms with Crippen LogP contribution < -0.4 is 18.5 Å². The summed E-state index contributed by atoms with van der Waals surface area (Å²) < 4.78 is 45.7. The van der Waals surface area contributed by atoms with Gasteiger partial charge in [-0.15, -0.1) is 11.8 Å². The van der Waals surface area contributed by atoms with E-state index in [1.54, 1.807) is 69.5 Å². The van der Waals surface area contributed by atoms with Gasteiger partial charge in [-0.3, -0.25) is 4.31 Å².